The minimum atomic E-state index is -0.188. The molecule has 4 aromatic rings. The smallest absolute Gasteiger partial charge is 0.254 e. The van der Waals surface area contributed by atoms with Crippen molar-refractivity contribution >= 4 is 51.5 Å². The highest BCUT2D eigenvalue weighted by Gasteiger charge is 2.47. The molecule has 0 radical (unpaired) electrons. The molecule has 2 saturated carbocycles. The minimum Gasteiger partial charge on any atom is -0.494 e. The summed E-state index contributed by atoms with van der Waals surface area (Å²) in [7, 11) is 8.04. The normalized spacial score (nSPS) is 26.8. The largest absolute Gasteiger partial charge is 0.494 e. The van der Waals surface area contributed by atoms with Crippen LogP contribution in [0, 0.1) is 11.8 Å². The summed E-state index contributed by atoms with van der Waals surface area (Å²) in [6.07, 6.45) is 5.86. The van der Waals surface area contributed by atoms with Crippen LogP contribution in [0.15, 0.2) is 36.5 Å². The van der Waals surface area contributed by atoms with Gasteiger partial charge in [0, 0.05) is 48.9 Å². The number of likely N-dealkylation sites (tertiary alicyclic amines) is 1. The molecule has 1 aromatic carbocycles. The lowest BCUT2D eigenvalue weighted by Crippen LogP contribution is -2.52. The van der Waals surface area contributed by atoms with Crippen molar-refractivity contribution in [1.29, 1.82) is 0 Å². The van der Waals surface area contributed by atoms with Crippen LogP contribution in [0.25, 0.3) is 33.6 Å². The molecule has 4 heterocycles. The number of rotatable bonds is 8. The number of aromatic nitrogens is 4. The molecule has 3 aromatic heterocycles. The monoisotopic (exact) mass is 578 g/mol. The van der Waals surface area contributed by atoms with E-state index in [1.54, 1.807) is 7.11 Å². The number of piperidine rings is 1. The van der Waals surface area contributed by atoms with E-state index < -0.39 is 0 Å². The van der Waals surface area contributed by atoms with Gasteiger partial charge < -0.3 is 29.2 Å². The highest BCUT2D eigenvalue weighted by molar-refractivity contribution is 6.58. The van der Waals surface area contributed by atoms with Gasteiger partial charge in [-0.1, -0.05) is 0 Å². The van der Waals surface area contributed by atoms with Gasteiger partial charge in [-0.3, -0.25) is 4.79 Å². The van der Waals surface area contributed by atoms with Gasteiger partial charge in [-0.05, 0) is 87.0 Å². The first-order valence-corrected chi connectivity index (χ1v) is 15.8. The minimum absolute atomic E-state index is 0.0138. The highest BCUT2D eigenvalue weighted by atomic mass is 16.5. The van der Waals surface area contributed by atoms with Crippen molar-refractivity contribution < 1.29 is 14.3 Å². The molecule has 43 heavy (non-hydrogen) atoms. The van der Waals surface area contributed by atoms with Crippen LogP contribution in [-0.2, 0) is 17.8 Å². The zero-order valence-corrected chi connectivity index (χ0v) is 26.3. The van der Waals surface area contributed by atoms with E-state index in [0.29, 0.717) is 23.1 Å². The van der Waals surface area contributed by atoms with Crippen LogP contribution in [0.3, 0.4) is 0 Å². The molecule has 1 saturated heterocycles. The molecular weight excluding hydrogens is 537 g/mol. The van der Waals surface area contributed by atoms with E-state index in [1.165, 1.54) is 0 Å². The number of carbonyl (C=O) groups is 1. The van der Waals surface area contributed by atoms with E-state index in [1.807, 2.05) is 29.3 Å². The summed E-state index contributed by atoms with van der Waals surface area (Å²) in [5.41, 5.74) is 10.6. The number of imidazole rings is 1. The van der Waals surface area contributed by atoms with Crippen LogP contribution < -0.4 is 10.5 Å². The Balaban J connectivity index is 1.33. The number of pyridine rings is 1. The SMILES string of the molecule is BC(B)(B)O[C@]1(C)C[C@H](Cn2c(-c3cc4cccnc4n3CC)nc3cc(C(=O)N4C[C@H]5CC[C@@H]4[C@@H]5N)cc(OC)c32)C1. The van der Waals surface area contributed by atoms with Crippen molar-refractivity contribution in [2.75, 3.05) is 13.7 Å². The quantitative estimate of drug-likeness (QED) is 0.317. The maximum absolute atomic E-state index is 13.8. The number of hydrogen-bond acceptors (Lipinski definition) is 6. The van der Waals surface area contributed by atoms with Crippen LogP contribution in [0.1, 0.15) is 49.9 Å². The molecule has 222 valence electrons. The van der Waals surface area contributed by atoms with E-state index >= 15 is 0 Å². The number of carbonyl (C=O) groups excluding carboxylic acids is 1. The fourth-order valence-corrected chi connectivity index (χ4v) is 8.29. The summed E-state index contributed by atoms with van der Waals surface area (Å²) < 4.78 is 17.0. The zero-order valence-electron chi connectivity index (χ0n) is 26.3. The van der Waals surface area contributed by atoms with Crippen molar-refractivity contribution in [3.8, 4) is 17.3 Å². The summed E-state index contributed by atoms with van der Waals surface area (Å²) in [4.78, 5) is 25.8. The van der Waals surface area contributed by atoms with Gasteiger partial charge in [0.1, 0.15) is 40.5 Å². The lowest BCUT2D eigenvalue weighted by Gasteiger charge is -2.49. The van der Waals surface area contributed by atoms with Crippen LogP contribution in [0.2, 0.25) is 0 Å². The number of aryl methyl sites for hydroxylation is 1. The van der Waals surface area contributed by atoms with Crippen LogP contribution in [-0.4, -0.2) is 90.1 Å². The zero-order chi connectivity index (χ0) is 30.3. The Labute approximate surface area is 255 Å². The number of nitrogens with zero attached hydrogens (tertiary/aromatic N) is 5. The summed E-state index contributed by atoms with van der Waals surface area (Å²) in [5, 5.41) is 0.892. The Morgan fingerprint density at radius 1 is 1.19 bits per heavy atom. The lowest BCUT2D eigenvalue weighted by molar-refractivity contribution is -0.123. The van der Waals surface area contributed by atoms with Gasteiger partial charge in [0.15, 0.2) is 5.82 Å². The fraction of sp³-hybridized carbons (Fsp3) is 0.516. The van der Waals surface area contributed by atoms with Crippen molar-refractivity contribution in [3.63, 3.8) is 0 Å². The average molecular weight is 578 g/mol. The molecule has 3 aliphatic rings. The molecule has 1 amide bonds. The number of amides is 1. The number of benzene rings is 1. The second-order valence-corrected chi connectivity index (χ2v) is 14.2. The Bertz CT molecular complexity index is 1720. The third-order valence-corrected chi connectivity index (χ3v) is 9.82. The van der Waals surface area contributed by atoms with E-state index in [9.17, 15) is 4.79 Å². The van der Waals surface area contributed by atoms with Gasteiger partial charge in [0.25, 0.3) is 5.91 Å². The average Bonchev–Trinajstić information content (AvgIpc) is 3.69. The third-order valence-electron chi connectivity index (χ3n) is 9.82. The lowest BCUT2D eigenvalue weighted by atomic mass is 9.51. The topological polar surface area (TPSA) is 100 Å². The van der Waals surface area contributed by atoms with E-state index in [4.69, 9.17) is 20.2 Å². The molecule has 0 spiro atoms. The van der Waals surface area contributed by atoms with Gasteiger partial charge >= 0.3 is 0 Å². The summed E-state index contributed by atoms with van der Waals surface area (Å²) in [6, 6.07) is 10.3. The fourth-order valence-electron chi connectivity index (χ4n) is 8.29. The first-order chi connectivity index (χ1) is 20.5. The maximum atomic E-state index is 13.8. The van der Waals surface area contributed by atoms with Gasteiger partial charge in [-0.2, -0.15) is 0 Å². The maximum Gasteiger partial charge on any atom is 0.254 e. The molecule has 0 unspecified atom stereocenters. The van der Waals surface area contributed by atoms with Crippen LogP contribution in [0.4, 0.5) is 0 Å². The highest BCUT2D eigenvalue weighted by Crippen LogP contribution is 2.45. The summed E-state index contributed by atoms with van der Waals surface area (Å²) in [6.45, 7) is 6.63. The summed E-state index contributed by atoms with van der Waals surface area (Å²) >= 11 is 0. The predicted octanol–water partition coefficient (Wildman–Crippen LogP) is 1.34. The van der Waals surface area contributed by atoms with Gasteiger partial charge in [-0.15, -0.1) is 0 Å². The predicted molar refractivity (Wildman–Crippen MR) is 177 cm³/mol. The standard InChI is InChI=1S/C31H41B3N6O3/c1-4-38-23(11-18-6-5-9-36-27(18)38)28-37-21-10-20(29(41)39-16-19-7-8-22(39)25(19)35)12-24(42-3)26(21)40(28)15-17-13-30(2,14-17)43-31(32,33)34/h5-6,9-12,17,19,22,25H,4,7-8,13-16,32-35H2,1-3H3/t17-,19-,22-,25-,30+/m1/s1. The molecule has 3 fully saturated rings. The molecule has 12 heteroatoms. The second-order valence-electron chi connectivity index (χ2n) is 14.2. The number of ether oxygens (including phenoxy) is 2. The molecule has 1 aliphatic heterocycles. The Kier molecular flexibility index (Phi) is 6.74. The number of fused-ring (bicyclic) bond motifs is 4. The molecule has 7 rings (SSSR count). The van der Waals surface area contributed by atoms with E-state index in [0.717, 1.165) is 78.9 Å². The van der Waals surface area contributed by atoms with Gasteiger partial charge in [0.2, 0.25) is 0 Å². The van der Waals surface area contributed by atoms with Gasteiger partial charge in [0.05, 0.1) is 23.9 Å². The van der Waals surface area contributed by atoms with Crippen molar-refractivity contribution in [2.45, 2.75) is 75.6 Å². The van der Waals surface area contributed by atoms with E-state index in [-0.39, 0.29) is 28.9 Å². The van der Waals surface area contributed by atoms with Gasteiger partial charge in [-0.25, -0.2) is 9.97 Å². The molecule has 2 N–H and O–H groups in total. The molecular formula is C31H41B3N6O3. The van der Waals surface area contributed by atoms with Crippen molar-refractivity contribution in [1.82, 2.24) is 24.0 Å². The molecule has 2 aliphatic carbocycles. The Hall–Kier alpha value is -3.24. The van der Waals surface area contributed by atoms with Crippen LogP contribution in [0.5, 0.6) is 5.75 Å². The first kappa shape index (κ1) is 28.5. The number of nitrogens with two attached hydrogens (primary N) is 1. The molecule has 3 atom stereocenters. The molecule has 2 bridgehead atoms. The van der Waals surface area contributed by atoms with E-state index in [2.05, 4.69) is 63.6 Å². The first-order valence-electron chi connectivity index (χ1n) is 15.8. The second kappa shape index (κ2) is 10.2. The summed E-state index contributed by atoms with van der Waals surface area (Å²) in [5.74, 6) is 2.36. The van der Waals surface area contributed by atoms with Crippen molar-refractivity contribution in [2.24, 2.45) is 17.6 Å². The molecule has 9 nitrogen and oxygen atoms in total. The Morgan fingerprint density at radius 2 is 1.98 bits per heavy atom. The third kappa shape index (κ3) is 4.77. The van der Waals surface area contributed by atoms with Crippen LogP contribution >= 0.6 is 0 Å². The number of hydrogen-bond donors (Lipinski definition) is 1. The number of methoxy groups -OCH3 is 1. The van der Waals surface area contributed by atoms with Crippen molar-refractivity contribution in [3.05, 3.63) is 42.1 Å². The Morgan fingerprint density at radius 3 is 2.63 bits per heavy atom.